The number of hydrogen-bond acceptors (Lipinski definition) is 4. The fourth-order valence-electron chi connectivity index (χ4n) is 3.75. The second-order valence-corrected chi connectivity index (χ2v) is 8.30. The van der Waals surface area contributed by atoms with Gasteiger partial charge in [0, 0.05) is 30.8 Å². The summed E-state index contributed by atoms with van der Waals surface area (Å²) in [6.45, 7) is 13.2. The number of carbonyl (C=O) groups excluding carboxylic acids is 1. The Hall–Kier alpha value is -3.08. The Morgan fingerprint density at radius 2 is 1.65 bits per heavy atom. The summed E-state index contributed by atoms with van der Waals surface area (Å²) in [5, 5.41) is 4.42. The summed E-state index contributed by atoms with van der Waals surface area (Å²) in [5.74, 6) is 1.11. The van der Waals surface area contributed by atoms with Gasteiger partial charge in [0.05, 0.1) is 12.1 Å². The highest BCUT2D eigenvalue weighted by atomic mass is 16.5. The highest BCUT2D eigenvalue weighted by Gasteiger charge is 2.26. The Kier molecular flexibility index (Phi) is 7.50. The molecule has 0 bridgehead atoms. The van der Waals surface area contributed by atoms with Crippen molar-refractivity contribution in [2.75, 3.05) is 24.5 Å². The van der Waals surface area contributed by atoms with E-state index in [-0.39, 0.29) is 5.91 Å². The van der Waals surface area contributed by atoms with Crippen LogP contribution < -0.4 is 4.90 Å². The van der Waals surface area contributed by atoms with Crippen molar-refractivity contribution in [2.24, 2.45) is 5.92 Å². The molecule has 5 nitrogen and oxygen atoms in total. The van der Waals surface area contributed by atoms with Crippen LogP contribution in [0.25, 0.3) is 11.3 Å². The van der Waals surface area contributed by atoms with E-state index in [9.17, 15) is 4.79 Å². The molecule has 0 saturated heterocycles. The predicted octanol–water partition coefficient (Wildman–Crippen LogP) is 5.79. The molecule has 5 heteroatoms. The van der Waals surface area contributed by atoms with E-state index >= 15 is 0 Å². The number of hydrogen-bond donors (Lipinski definition) is 0. The van der Waals surface area contributed by atoms with Crippen LogP contribution >= 0.6 is 0 Å². The van der Waals surface area contributed by atoms with Crippen molar-refractivity contribution in [1.29, 1.82) is 0 Å². The zero-order valence-electron chi connectivity index (χ0n) is 19.3. The molecule has 3 aromatic rings. The smallest absolute Gasteiger partial charge is 0.254 e. The van der Waals surface area contributed by atoms with Gasteiger partial charge in [0.15, 0.2) is 0 Å². The lowest BCUT2D eigenvalue weighted by molar-refractivity contribution is 0.0723. The monoisotopic (exact) mass is 419 g/mol. The molecule has 2 aromatic carbocycles. The van der Waals surface area contributed by atoms with Crippen LogP contribution in [-0.4, -0.2) is 35.6 Å². The van der Waals surface area contributed by atoms with E-state index in [1.165, 1.54) is 0 Å². The van der Waals surface area contributed by atoms with Gasteiger partial charge in [-0.3, -0.25) is 4.79 Å². The Bertz CT molecular complexity index is 974. The molecule has 1 heterocycles. The van der Waals surface area contributed by atoms with E-state index in [4.69, 9.17) is 4.52 Å². The molecule has 0 atom stereocenters. The van der Waals surface area contributed by atoms with E-state index in [1.807, 2.05) is 66.4 Å². The van der Waals surface area contributed by atoms with E-state index in [0.717, 1.165) is 41.4 Å². The number of nitrogens with zero attached hydrogens (tertiary/aromatic N) is 3. The molecule has 0 fully saturated rings. The average molecular weight is 420 g/mol. The van der Waals surface area contributed by atoms with Crippen LogP contribution in [0, 0.1) is 12.8 Å². The first-order valence-electron chi connectivity index (χ1n) is 11.1. The van der Waals surface area contributed by atoms with E-state index in [1.54, 1.807) is 0 Å². The minimum absolute atomic E-state index is 0.0272. The first-order chi connectivity index (χ1) is 14.9. The molecule has 0 aliphatic rings. The van der Waals surface area contributed by atoms with Gasteiger partial charge in [-0.05, 0) is 38.8 Å². The van der Waals surface area contributed by atoms with Crippen LogP contribution in [0.2, 0.25) is 0 Å². The number of amides is 1. The fourth-order valence-corrected chi connectivity index (χ4v) is 3.75. The maximum absolute atomic E-state index is 13.4. The third kappa shape index (κ3) is 5.35. The fraction of sp³-hybridized carbons (Fsp3) is 0.385. The topological polar surface area (TPSA) is 49.6 Å². The molecule has 0 aliphatic carbocycles. The molecule has 164 valence electrons. The molecule has 0 N–H and O–H groups in total. The highest BCUT2D eigenvalue weighted by molar-refractivity contribution is 5.94. The van der Waals surface area contributed by atoms with Gasteiger partial charge in [-0.2, -0.15) is 0 Å². The summed E-state index contributed by atoms with van der Waals surface area (Å²) < 4.78 is 5.84. The van der Waals surface area contributed by atoms with Gasteiger partial charge >= 0.3 is 0 Å². The Morgan fingerprint density at radius 3 is 2.23 bits per heavy atom. The predicted molar refractivity (Wildman–Crippen MR) is 126 cm³/mol. The Morgan fingerprint density at radius 1 is 1.00 bits per heavy atom. The largest absolute Gasteiger partial charge is 0.341 e. The second kappa shape index (κ2) is 10.3. The third-order valence-electron chi connectivity index (χ3n) is 5.39. The number of benzene rings is 2. The lowest BCUT2D eigenvalue weighted by Gasteiger charge is -2.26. The number of aryl methyl sites for hydroxylation is 1. The molecule has 0 radical (unpaired) electrons. The maximum atomic E-state index is 13.4. The lowest BCUT2D eigenvalue weighted by atomic mass is 10.0. The molecule has 1 amide bonds. The molecule has 1 aromatic heterocycles. The molecular weight excluding hydrogens is 386 g/mol. The molecule has 3 rings (SSSR count). The highest BCUT2D eigenvalue weighted by Crippen LogP contribution is 2.33. The van der Waals surface area contributed by atoms with Crippen LogP contribution in [0.5, 0.6) is 0 Å². The average Bonchev–Trinajstić information content (AvgIpc) is 3.18. The van der Waals surface area contributed by atoms with Crippen molar-refractivity contribution < 1.29 is 9.32 Å². The van der Waals surface area contributed by atoms with Crippen LogP contribution in [0.3, 0.4) is 0 Å². The van der Waals surface area contributed by atoms with Crippen molar-refractivity contribution in [1.82, 2.24) is 10.1 Å². The van der Waals surface area contributed by atoms with Crippen LogP contribution in [0.15, 0.2) is 59.1 Å². The molecule has 0 spiro atoms. The van der Waals surface area contributed by atoms with Crippen molar-refractivity contribution >= 4 is 11.8 Å². The van der Waals surface area contributed by atoms with Crippen LogP contribution in [-0.2, 0) is 6.54 Å². The molecular formula is C26H33N3O2. The molecule has 0 unspecified atom stereocenters. The zero-order valence-corrected chi connectivity index (χ0v) is 19.3. The first kappa shape index (κ1) is 22.6. The third-order valence-corrected chi connectivity index (χ3v) is 5.39. The SMILES string of the molecule is CCN(CC)c1onc(-c2ccccc2)c1CN(CC(C)C)C(=O)c1ccc(C)cc1. The number of anilines is 1. The summed E-state index contributed by atoms with van der Waals surface area (Å²) in [4.78, 5) is 17.5. The van der Waals surface area contributed by atoms with E-state index < -0.39 is 0 Å². The first-order valence-corrected chi connectivity index (χ1v) is 11.1. The second-order valence-electron chi connectivity index (χ2n) is 8.30. The summed E-state index contributed by atoms with van der Waals surface area (Å²) in [6, 6.07) is 17.8. The number of rotatable bonds is 9. The minimum atomic E-state index is 0.0272. The van der Waals surface area contributed by atoms with Gasteiger partial charge in [-0.1, -0.05) is 67.0 Å². The van der Waals surface area contributed by atoms with Crippen molar-refractivity contribution in [2.45, 2.75) is 41.2 Å². The van der Waals surface area contributed by atoms with Crippen molar-refractivity contribution in [3.8, 4) is 11.3 Å². The Labute approximate surface area is 185 Å². The lowest BCUT2D eigenvalue weighted by Crippen LogP contribution is -2.34. The number of aromatic nitrogens is 1. The van der Waals surface area contributed by atoms with Gasteiger partial charge in [0.2, 0.25) is 5.88 Å². The quantitative estimate of drug-likeness (QED) is 0.440. The molecule has 0 aliphatic heterocycles. The van der Waals surface area contributed by atoms with Crippen LogP contribution in [0.1, 0.15) is 49.2 Å². The van der Waals surface area contributed by atoms with Gasteiger partial charge in [0.25, 0.3) is 5.91 Å². The molecule has 0 saturated carbocycles. The Balaban J connectivity index is 2.03. The van der Waals surface area contributed by atoms with E-state index in [2.05, 4.69) is 37.8 Å². The minimum Gasteiger partial charge on any atom is -0.341 e. The standard InChI is InChI=1S/C26H33N3O2/c1-6-28(7-2)26-23(24(27-31-26)21-11-9-8-10-12-21)18-29(17-19(3)4)25(30)22-15-13-20(5)14-16-22/h8-16,19H,6-7,17-18H2,1-5H3. The summed E-state index contributed by atoms with van der Waals surface area (Å²) >= 11 is 0. The summed E-state index contributed by atoms with van der Waals surface area (Å²) in [6.07, 6.45) is 0. The van der Waals surface area contributed by atoms with E-state index in [0.29, 0.717) is 24.6 Å². The van der Waals surface area contributed by atoms with Gasteiger partial charge < -0.3 is 14.3 Å². The van der Waals surface area contributed by atoms with Gasteiger partial charge in [-0.15, -0.1) is 0 Å². The van der Waals surface area contributed by atoms with Gasteiger partial charge in [0.1, 0.15) is 5.69 Å². The summed E-state index contributed by atoms with van der Waals surface area (Å²) in [7, 11) is 0. The van der Waals surface area contributed by atoms with Crippen LogP contribution in [0.4, 0.5) is 5.88 Å². The normalized spacial score (nSPS) is 11.0. The zero-order chi connectivity index (χ0) is 22.4. The molecule has 31 heavy (non-hydrogen) atoms. The number of carbonyl (C=O) groups is 1. The van der Waals surface area contributed by atoms with Gasteiger partial charge in [-0.25, -0.2) is 0 Å². The van der Waals surface area contributed by atoms with Crippen molar-refractivity contribution in [3.05, 3.63) is 71.3 Å². The maximum Gasteiger partial charge on any atom is 0.254 e. The summed E-state index contributed by atoms with van der Waals surface area (Å²) in [5.41, 5.74) is 4.59. The van der Waals surface area contributed by atoms with Crippen molar-refractivity contribution in [3.63, 3.8) is 0 Å².